The summed E-state index contributed by atoms with van der Waals surface area (Å²) >= 11 is 6.13. The number of benzene rings is 1. The van der Waals surface area contributed by atoms with Crippen molar-refractivity contribution < 1.29 is 9.47 Å². The van der Waals surface area contributed by atoms with E-state index in [1.165, 1.54) is 0 Å². The van der Waals surface area contributed by atoms with Gasteiger partial charge in [-0.15, -0.1) is 0 Å². The van der Waals surface area contributed by atoms with Crippen LogP contribution in [0.4, 0.5) is 5.69 Å². The lowest BCUT2D eigenvalue weighted by Gasteiger charge is -2.14. The van der Waals surface area contributed by atoms with E-state index in [0.29, 0.717) is 24.0 Å². The van der Waals surface area contributed by atoms with Crippen LogP contribution in [0.15, 0.2) is 12.1 Å². The second-order valence-electron chi connectivity index (χ2n) is 3.73. The maximum Gasteiger partial charge on any atom is 0.146 e. The molecule has 1 aromatic rings. The predicted molar refractivity (Wildman–Crippen MR) is 72.6 cm³/mol. The van der Waals surface area contributed by atoms with Gasteiger partial charge in [0.1, 0.15) is 11.5 Å². The van der Waals surface area contributed by atoms with Crippen molar-refractivity contribution >= 4 is 17.3 Å². The first kappa shape index (κ1) is 14.0. The minimum atomic E-state index is 0.603. The Balaban J connectivity index is 2.91. The Morgan fingerprint density at radius 1 is 1.06 bits per heavy atom. The summed E-state index contributed by atoms with van der Waals surface area (Å²) in [5.74, 6) is 1.46. The van der Waals surface area contributed by atoms with Gasteiger partial charge in [0, 0.05) is 13.1 Å². The van der Waals surface area contributed by atoms with E-state index < -0.39 is 0 Å². The van der Waals surface area contributed by atoms with Gasteiger partial charge >= 0.3 is 0 Å². The Kier molecular flexibility index (Phi) is 5.98. The monoisotopic (exact) mass is 257 g/mol. The fourth-order valence-corrected chi connectivity index (χ4v) is 1.60. The van der Waals surface area contributed by atoms with Gasteiger partial charge in [-0.05, 0) is 18.9 Å². The molecular formula is C13H20ClNO2. The molecule has 0 bridgehead atoms. The summed E-state index contributed by atoms with van der Waals surface area (Å²) in [5, 5.41) is 3.67. The van der Waals surface area contributed by atoms with E-state index in [-0.39, 0.29) is 0 Å². The predicted octanol–water partition coefficient (Wildman–Crippen LogP) is 3.96. The van der Waals surface area contributed by atoms with Crippen molar-refractivity contribution in [1.82, 2.24) is 0 Å². The molecule has 0 saturated heterocycles. The standard InChI is InChI=1S/C13H20ClNO2/c1-4-6-16-12-9-13(17-7-5-2)11(15-3)8-10(12)14/h8-9,15H,4-7H2,1-3H3. The molecular weight excluding hydrogens is 238 g/mol. The van der Waals surface area contributed by atoms with Crippen molar-refractivity contribution in [2.24, 2.45) is 0 Å². The molecule has 0 aliphatic heterocycles. The van der Waals surface area contributed by atoms with E-state index in [4.69, 9.17) is 21.1 Å². The maximum atomic E-state index is 6.13. The molecule has 96 valence electrons. The zero-order valence-electron chi connectivity index (χ0n) is 10.7. The van der Waals surface area contributed by atoms with E-state index in [1.54, 1.807) is 0 Å². The Hall–Kier alpha value is -1.09. The van der Waals surface area contributed by atoms with Crippen LogP contribution in [0.1, 0.15) is 26.7 Å². The van der Waals surface area contributed by atoms with Crippen molar-refractivity contribution in [2.75, 3.05) is 25.6 Å². The Labute approximate surface area is 108 Å². The fraction of sp³-hybridized carbons (Fsp3) is 0.538. The molecule has 0 radical (unpaired) electrons. The number of rotatable bonds is 7. The minimum Gasteiger partial charge on any atom is -0.492 e. The normalized spacial score (nSPS) is 10.1. The zero-order chi connectivity index (χ0) is 12.7. The highest BCUT2D eigenvalue weighted by Crippen LogP contribution is 2.36. The third-order valence-corrected chi connectivity index (χ3v) is 2.52. The molecule has 0 fully saturated rings. The second kappa shape index (κ2) is 7.28. The molecule has 1 rings (SSSR count). The molecule has 0 aliphatic rings. The van der Waals surface area contributed by atoms with Crippen LogP contribution >= 0.6 is 11.6 Å². The number of ether oxygens (including phenoxy) is 2. The summed E-state index contributed by atoms with van der Waals surface area (Å²) in [6.07, 6.45) is 1.92. The summed E-state index contributed by atoms with van der Waals surface area (Å²) in [5.41, 5.74) is 0.882. The van der Waals surface area contributed by atoms with Gasteiger partial charge < -0.3 is 14.8 Å². The summed E-state index contributed by atoms with van der Waals surface area (Å²) < 4.78 is 11.2. The number of nitrogens with one attached hydrogen (secondary N) is 1. The minimum absolute atomic E-state index is 0.603. The van der Waals surface area contributed by atoms with Crippen LogP contribution in [0.2, 0.25) is 5.02 Å². The lowest BCUT2D eigenvalue weighted by atomic mass is 10.2. The van der Waals surface area contributed by atoms with Gasteiger partial charge in [0.2, 0.25) is 0 Å². The van der Waals surface area contributed by atoms with E-state index >= 15 is 0 Å². The number of hydrogen-bond donors (Lipinski definition) is 1. The summed E-state index contributed by atoms with van der Waals surface area (Å²) in [7, 11) is 1.84. The first-order valence-corrected chi connectivity index (χ1v) is 6.37. The van der Waals surface area contributed by atoms with E-state index in [9.17, 15) is 0 Å². The summed E-state index contributed by atoms with van der Waals surface area (Å²) in [6.45, 7) is 5.48. The molecule has 0 atom stereocenters. The van der Waals surface area contributed by atoms with Crippen LogP contribution in [0.5, 0.6) is 11.5 Å². The van der Waals surface area contributed by atoms with E-state index in [0.717, 1.165) is 24.3 Å². The number of hydrogen-bond acceptors (Lipinski definition) is 3. The molecule has 3 nitrogen and oxygen atoms in total. The molecule has 0 unspecified atom stereocenters. The highest BCUT2D eigenvalue weighted by atomic mass is 35.5. The van der Waals surface area contributed by atoms with Crippen LogP contribution in [0.25, 0.3) is 0 Å². The molecule has 4 heteroatoms. The van der Waals surface area contributed by atoms with Crippen molar-refractivity contribution in [2.45, 2.75) is 26.7 Å². The summed E-state index contributed by atoms with van der Waals surface area (Å²) in [4.78, 5) is 0. The third-order valence-electron chi connectivity index (χ3n) is 2.23. The van der Waals surface area contributed by atoms with Crippen LogP contribution in [0, 0.1) is 0 Å². The van der Waals surface area contributed by atoms with Crippen LogP contribution < -0.4 is 14.8 Å². The average Bonchev–Trinajstić information content (AvgIpc) is 2.35. The zero-order valence-corrected chi connectivity index (χ0v) is 11.4. The molecule has 0 saturated carbocycles. The SMILES string of the molecule is CCCOc1cc(OCCC)c(NC)cc1Cl. The van der Waals surface area contributed by atoms with Crippen molar-refractivity contribution in [3.05, 3.63) is 17.2 Å². The van der Waals surface area contributed by atoms with Gasteiger partial charge in [-0.3, -0.25) is 0 Å². The van der Waals surface area contributed by atoms with Gasteiger partial charge in [-0.2, -0.15) is 0 Å². The number of halogens is 1. The molecule has 1 aromatic carbocycles. The van der Waals surface area contributed by atoms with Gasteiger partial charge in [0.05, 0.1) is 23.9 Å². The van der Waals surface area contributed by atoms with Crippen LogP contribution in [-0.2, 0) is 0 Å². The van der Waals surface area contributed by atoms with Crippen molar-refractivity contribution in [1.29, 1.82) is 0 Å². The van der Waals surface area contributed by atoms with Gasteiger partial charge in [0.15, 0.2) is 0 Å². The molecule has 17 heavy (non-hydrogen) atoms. The van der Waals surface area contributed by atoms with Crippen LogP contribution in [0.3, 0.4) is 0 Å². The smallest absolute Gasteiger partial charge is 0.146 e. The van der Waals surface area contributed by atoms with Gasteiger partial charge in [-0.1, -0.05) is 25.4 Å². The van der Waals surface area contributed by atoms with Gasteiger partial charge in [-0.25, -0.2) is 0 Å². The molecule has 0 aliphatic carbocycles. The Bertz CT molecular complexity index is 356. The largest absolute Gasteiger partial charge is 0.492 e. The third kappa shape index (κ3) is 4.00. The lowest BCUT2D eigenvalue weighted by molar-refractivity contribution is 0.302. The molecule has 1 N–H and O–H groups in total. The molecule has 0 amide bonds. The molecule has 0 spiro atoms. The Morgan fingerprint density at radius 2 is 1.65 bits per heavy atom. The first-order chi connectivity index (χ1) is 8.22. The lowest BCUT2D eigenvalue weighted by Crippen LogP contribution is -2.02. The van der Waals surface area contributed by atoms with E-state index in [1.807, 2.05) is 19.2 Å². The summed E-state index contributed by atoms with van der Waals surface area (Å²) in [6, 6.07) is 3.68. The second-order valence-corrected chi connectivity index (χ2v) is 4.13. The quantitative estimate of drug-likeness (QED) is 0.802. The average molecular weight is 258 g/mol. The fourth-order valence-electron chi connectivity index (χ4n) is 1.38. The van der Waals surface area contributed by atoms with Crippen LogP contribution in [-0.4, -0.2) is 20.3 Å². The topological polar surface area (TPSA) is 30.5 Å². The maximum absolute atomic E-state index is 6.13. The highest BCUT2D eigenvalue weighted by Gasteiger charge is 2.09. The van der Waals surface area contributed by atoms with Gasteiger partial charge in [0.25, 0.3) is 0 Å². The Morgan fingerprint density at radius 3 is 2.18 bits per heavy atom. The van der Waals surface area contributed by atoms with Crippen molar-refractivity contribution in [3.63, 3.8) is 0 Å². The van der Waals surface area contributed by atoms with E-state index in [2.05, 4.69) is 19.2 Å². The molecule has 0 aromatic heterocycles. The molecule has 0 heterocycles. The van der Waals surface area contributed by atoms with Crippen molar-refractivity contribution in [3.8, 4) is 11.5 Å². The highest BCUT2D eigenvalue weighted by molar-refractivity contribution is 6.32. The first-order valence-electron chi connectivity index (χ1n) is 5.99. The number of anilines is 1.